The summed E-state index contributed by atoms with van der Waals surface area (Å²) in [5.74, 6) is 0. The number of nitrogens with zero attached hydrogens (tertiary/aromatic N) is 5. The summed E-state index contributed by atoms with van der Waals surface area (Å²) in [4.78, 5) is 22.0. The predicted molar refractivity (Wildman–Crippen MR) is 113 cm³/mol. The van der Waals surface area contributed by atoms with Crippen LogP contribution < -0.4 is 0 Å². The fourth-order valence-corrected chi connectivity index (χ4v) is 4.25. The van der Waals surface area contributed by atoms with Crippen LogP contribution in [0.4, 0.5) is 0 Å². The molecule has 0 spiro atoms. The van der Waals surface area contributed by atoms with E-state index in [1.807, 2.05) is 18.5 Å². The quantitative estimate of drug-likeness (QED) is 0.453. The van der Waals surface area contributed by atoms with Crippen molar-refractivity contribution in [3.8, 4) is 33.2 Å². The summed E-state index contributed by atoms with van der Waals surface area (Å²) < 4.78 is 0. The molecule has 0 amide bonds. The minimum atomic E-state index is 0.724. The van der Waals surface area contributed by atoms with Gasteiger partial charge in [0, 0.05) is 39.8 Å². The van der Waals surface area contributed by atoms with Crippen molar-refractivity contribution in [3.63, 3.8) is 0 Å². The van der Waals surface area contributed by atoms with Gasteiger partial charge >= 0.3 is 0 Å². The molecule has 6 aromatic heterocycles. The van der Waals surface area contributed by atoms with Gasteiger partial charge in [-0.05, 0) is 23.6 Å². The fourth-order valence-electron chi connectivity index (χ4n) is 3.50. The van der Waals surface area contributed by atoms with Crippen molar-refractivity contribution >= 4 is 33.1 Å². The largest absolute Gasteiger partial charge is 0.352 e. The number of H-pyrrole nitrogens is 2. The molecule has 6 heterocycles. The maximum Gasteiger partial charge on any atom is 0.116 e. The molecule has 0 aliphatic carbocycles. The van der Waals surface area contributed by atoms with E-state index in [0.717, 1.165) is 50.1 Å². The van der Waals surface area contributed by atoms with Crippen molar-refractivity contribution in [1.82, 2.24) is 35.1 Å². The number of pyridine rings is 2. The van der Waals surface area contributed by atoms with E-state index in [0.29, 0.717) is 0 Å². The zero-order chi connectivity index (χ0) is 19.2. The van der Waals surface area contributed by atoms with E-state index in [1.54, 1.807) is 36.1 Å². The Morgan fingerprint density at radius 1 is 0.828 bits per heavy atom. The Labute approximate surface area is 168 Å². The standard InChI is InChI=1S/C21H13N7S/c1-2-20(29-5-1)14-8-23-9-17-12(14)6-16(26-17)21-13-7-15(19-10-22-3-4-24-19)25-11-18(13)27-28-21/h1-11,26H,(H,27,28). The lowest BCUT2D eigenvalue weighted by Gasteiger charge is -1.99. The molecule has 0 bridgehead atoms. The highest BCUT2D eigenvalue weighted by atomic mass is 32.1. The molecule has 0 saturated heterocycles. The minimum absolute atomic E-state index is 0.724. The number of thiophene rings is 1. The molecule has 138 valence electrons. The predicted octanol–water partition coefficient (Wildman–Crippen LogP) is 4.69. The number of aromatic amines is 2. The van der Waals surface area contributed by atoms with Crippen molar-refractivity contribution in [1.29, 1.82) is 0 Å². The third-order valence-electron chi connectivity index (χ3n) is 4.86. The topological polar surface area (TPSA) is 96.0 Å². The van der Waals surface area contributed by atoms with Gasteiger partial charge in [-0.2, -0.15) is 5.10 Å². The monoisotopic (exact) mass is 395 g/mol. The van der Waals surface area contributed by atoms with Gasteiger partial charge in [0.1, 0.15) is 11.4 Å². The van der Waals surface area contributed by atoms with Crippen LogP contribution in [0.2, 0.25) is 0 Å². The Bertz CT molecular complexity index is 1450. The normalized spacial score (nSPS) is 11.4. The second kappa shape index (κ2) is 6.32. The van der Waals surface area contributed by atoms with E-state index in [2.05, 4.69) is 58.7 Å². The van der Waals surface area contributed by atoms with Gasteiger partial charge in [0.25, 0.3) is 0 Å². The molecule has 0 fully saturated rings. The maximum absolute atomic E-state index is 4.54. The number of hydrogen-bond donors (Lipinski definition) is 2. The average Bonchev–Trinajstić information content (AvgIpc) is 3.52. The number of nitrogens with one attached hydrogen (secondary N) is 2. The van der Waals surface area contributed by atoms with Crippen molar-refractivity contribution < 1.29 is 0 Å². The summed E-state index contributed by atoms with van der Waals surface area (Å²) >= 11 is 1.70. The van der Waals surface area contributed by atoms with Crippen LogP contribution in [-0.4, -0.2) is 35.1 Å². The molecule has 7 nitrogen and oxygen atoms in total. The van der Waals surface area contributed by atoms with E-state index in [1.165, 1.54) is 4.88 Å². The second-order valence-electron chi connectivity index (χ2n) is 6.59. The van der Waals surface area contributed by atoms with Crippen molar-refractivity contribution in [3.05, 3.63) is 66.8 Å². The zero-order valence-electron chi connectivity index (χ0n) is 15.0. The van der Waals surface area contributed by atoms with Crippen LogP contribution in [0.5, 0.6) is 0 Å². The Hall–Kier alpha value is -3.91. The van der Waals surface area contributed by atoms with Gasteiger partial charge in [-0.1, -0.05) is 6.07 Å². The van der Waals surface area contributed by atoms with Crippen LogP contribution in [-0.2, 0) is 0 Å². The summed E-state index contributed by atoms with van der Waals surface area (Å²) in [5.41, 5.74) is 6.19. The van der Waals surface area contributed by atoms with Crippen molar-refractivity contribution in [2.75, 3.05) is 0 Å². The molecule has 0 radical (unpaired) electrons. The first-order valence-electron chi connectivity index (χ1n) is 8.98. The molecule has 8 heteroatoms. The first kappa shape index (κ1) is 16.1. The lowest BCUT2D eigenvalue weighted by atomic mass is 10.1. The summed E-state index contributed by atoms with van der Waals surface area (Å²) in [6.07, 6.45) is 10.5. The average molecular weight is 395 g/mol. The lowest BCUT2D eigenvalue weighted by Crippen LogP contribution is -1.88. The highest BCUT2D eigenvalue weighted by Crippen LogP contribution is 2.35. The van der Waals surface area contributed by atoms with Gasteiger partial charge in [-0.15, -0.1) is 11.3 Å². The molecule has 0 aliphatic heterocycles. The minimum Gasteiger partial charge on any atom is -0.352 e. The van der Waals surface area contributed by atoms with Gasteiger partial charge in [-0.25, -0.2) is 0 Å². The molecule has 6 aromatic rings. The van der Waals surface area contributed by atoms with Crippen LogP contribution in [0.15, 0.2) is 66.8 Å². The summed E-state index contributed by atoms with van der Waals surface area (Å²) in [6.45, 7) is 0. The fraction of sp³-hybridized carbons (Fsp3) is 0. The Kier molecular flexibility index (Phi) is 3.50. The van der Waals surface area contributed by atoms with E-state index in [-0.39, 0.29) is 0 Å². The summed E-state index contributed by atoms with van der Waals surface area (Å²) in [5, 5.41) is 11.8. The molecular weight excluding hydrogens is 382 g/mol. The van der Waals surface area contributed by atoms with Crippen LogP contribution in [0.1, 0.15) is 0 Å². The first-order valence-corrected chi connectivity index (χ1v) is 9.86. The van der Waals surface area contributed by atoms with Gasteiger partial charge in [0.2, 0.25) is 0 Å². The third kappa shape index (κ3) is 2.61. The Balaban J connectivity index is 1.53. The molecule has 2 N–H and O–H groups in total. The smallest absolute Gasteiger partial charge is 0.116 e. The van der Waals surface area contributed by atoms with E-state index < -0.39 is 0 Å². The summed E-state index contributed by atoms with van der Waals surface area (Å²) in [6, 6.07) is 8.28. The zero-order valence-corrected chi connectivity index (χ0v) is 15.8. The van der Waals surface area contributed by atoms with Crippen LogP contribution in [0.3, 0.4) is 0 Å². The maximum atomic E-state index is 4.54. The third-order valence-corrected chi connectivity index (χ3v) is 5.76. The second-order valence-corrected chi connectivity index (χ2v) is 7.53. The number of hydrogen-bond acceptors (Lipinski definition) is 6. The first-order chi connectivity index (χ1) is 14.4. The molecule has 6 rings (SSSR count). The molecule has 0 atom stereocenters. The molecule has 0 unspecified atom stereocenters. The number of fused-ring (bicyclic) bond motifs is 2. The van der Waals surface area contributed by atoms with Crippen molar-refractivity contribution in [2.24, 2.45) is 0 Å². The van der Waals surface area contributed by atoms with E-state index in [4.69, 9.17) is 0 Å². The van der Waals surface area contributed by atoms with E-state index >= 15 is 0 Å². The van der Waals surface area contributed by atoms with Crippen LogP contribution >= 0.6 is 11.3 Å². The Morgan fingerprint density at radius 3 is 2.69 bits per heavy atom. The van der Waals surface area contributed by atoms with Gasteiger partial charge in [0.05, 0.1) is 41.0 Å². The van der Waals surface area contributed by atoms with Crippen molar-refractivity contribution in [2.45, 2.75) is 0 Å². The van der Waals surface area contributed by atoms with Gasteiger partial charge in [-0.3, -0.25) is 25.0 Å². The van der Waals surface area contributed by atoms with Gasteiger partial charge < -0.3 is 4.98 Å². The number of aromatic nitrogens is 7. The van der Waals surface area contributed by atoms with Crippen LogP contribution in [0.25, 0.3) is 55.0 Å². The van der Waals surface area contributed by atoms with E-state index in [9.17, 15) is 0 Å². The summed E-state index contributed by atoms with van der Waals surface area (Å²) in [7, 11) is 0. The van der Waals surface area contributed by atoms with Gasteiger partial charge in [0.15, 0.2) is 0 Å². The van der Waals surface area contributed by atoms with Crippen LogP contribution in [0, 0.1) is 0 Å². The molecule has 0 saturated carbocycles. The lowest BCUT2D eigenvalue weighted by molar-refractivity contribution is 1.11. The highest BCUT2D eigenvalue weighted by molar-refractivity contribution is 7.13. The molecule has 29 heavy (non-hydrogen) atoms. The molecule has 0 aromatic carbocycles. The SMILES string of the molecule is c1csc(-c2cncc3[nH]c(-c4n[nH]c5cnc(-c6cnccn6)cc45)cc23)c1. The Morgan fingerprint density at radius 2 is 1.83 bits per heavy atom. The molecule has 0 aliphatic rings. The molecular formula is C21H13N7S. The highest BCUT2D eigenvalue weighted by Gasteiger charge is 2.15. The number of rotatable bonds is 3.